The number of aliphatic imine (C=N–C) groups is 1. The van der Waals surface area contributed by atoms with Crippen molar-refractivity contribution in [1.29, 1.82) is 0 Å². The van der Waals surface area contributed by atoms with Crippen LogP contribution in [0, 0.1) is 11.8 Å². The molecular formula is C22H23N7O5S. The van der Waals surface area contributed by atoms with Crippen LogP contribution in [0.1, 0.15) is 12.0 Å². The minimum absolute atomic E-state index is 0.0422. The molecule has 0 fully saturated rings. The van der Waals surface area contributed by atoms with Crippen molar-refractivity contribution in [3.8, 4) is 23.0 Å². The van der Waals surface area contributed by atoms with E-state index in [1.54, 1.807) is 18.2 Å². The molecule has 0 bridgehead atoms. The summed E-state index contributed by atoms with van der Waals surface area (Å²) in [6.07, 6.45) is 4.61. The Kier molecular flexibility index (Phi) is 7.38. The maximum Gasteiger partial charge on any atom is 0.316 e. The van der Waals surface area contributed by atoms with E-state index < -0.39 is 27.4 Å². The second kappa shape index (κ2) is 10.2. The molecule has 0 saturated heterocycles. The second-order valence-electron chi connectivity index (χ2n) is 7.68. The van der Waals surface area contributed by atoms with Gasteiger partial charge in [-0.05, 0) is 29.7 Å². The minimum Gasteiger partial charge on any atom is -0.748 e. The normalized spacial score (nSPS) is 17.9. The molecule has 2 atom stereocenters. The van der Waals surface area contributed by atoms with Gasteiger partial charge in [-0.3, -0.25) is 0 Å². The number of rotatable bonds is 4. The molecule has 1 aromatic heterocycles. The molecule has 3 rings (SSSR count). The zero-order chi connectivity index (χ0) is 25.8. The number of benzene rings is 1. The predicted octanol–water partition coefficient (Wildman–Crippen LogP) is -4.26. The number of carboxylic acids is 1. The van der Waals surface area contributed by atoms with E-state index in [0.717, 1.165) is 11.1 Å². The van der Waals surface area contributed by atoms with Crippen molar-refractivity contribution in [3.05, 3.63) is 60.1 Å². The lowest BCUT2D eigenvalue weighted by molar-refractivity contribution is -0.671. The highest BCUT2D eigenvalue weighted by Crippen LogP contribution is 2.27. The van der Waals surface area contributed by atoms with Crippen LogP contribution < -0.4 is 37.2 Å². The smallest absolute Gasteiger partial charge is 0.316 e. The van der Waals surface area contributed by atoms with Crippen LogP contribution in [0.2, 0.25) is 0 Å². The molecule has 1 aliphatic heterocycles. The van der Waals surface area contributed by atoms with Gasteiger partial charge in [0.2, 0.25) is 0 Å². The lowest BCUT2D eigenvalue weighted by atomic mass is 9.98. The highest BCUT2D eigenvalue weighted by Gasteiger charge is 2.31. The second-order valence-corrected chi connectivity index (χ2v) is 9.27. The minimum atomic E-state index is -4.93. The highest BCUT2D eigenvalue weighted by molar-refractivity contribution is 7.86. The number of nitrogens with zero attached hydrogens (tertiary/aromatic N) is 2. The van der Waals surface area contributed by atoms with E-state index in [9.17, 15) is 22.9 Å². The number of guanidine groups is 2. The number of carboxylic acid groups (broad SMARTS) is 1. The van der Waals surface area contributed by atoms with E-state index in [1.165, 1.54) is 6.20 Å². The summed E-state index contributed by atoms with van der Waals surface area (Å²) in [4.78, 5) is 17.9. The summed E-state index contributed by atoms with van der Waals surface area (Å²) >= 11 is 0. The summed E-state index contributed by atoms with van der Waals surface area (Å²) in [5.41, 5.74) is 19.3. The molecule has 0 radical (unpaired) electrons. The molecule has 0 amide bonds. The Bertz CT molecular complexity index is 1400. The van der Waals surface area contributed by atoms with Crippen LogP contribution in [-0.4, -0.2) is 42.2 Å². The van der Waals surface area contributed by atoms with Gasteiger partial charge in [-0.25, -0.2) is 18.0 Å². The number of carbonyl (C=O) groups is 1. The van der Waals surface area contributed by atoms with Gasteiger partial charge in [0.15, 0.2) is 12.4 Å². The Morgan fingerprint density at radius 1 is 1.20 bits per heavy atom. The summed E-state index contributed by atoms with van der Waals surface area (Å²) in [7, 11) is -3.05. The number of nitrogens with two attached hydrogens (primary N) is 3. The van der Waals surface area contributed by atoms with Gasteiger partial charge in [-0.15, -0.1) is 4.99 Å². The fraction of sp³-hybridized carbons (Fsp3) is 0.182. The Labute approximate surface area is 201 Å². The van der Waals surface area contributed by atoms with Gasteiger partial charge in [0.1, 0.15) is 22.9 Å². The van der Waals surface area contributed by atoms with Gasteiger partial charge in [-0.1, -0.05) is 17.9 Å². The number of aliphatic carboxylic acids is 1. The quantitative estimate of drug-likeness (QED) is 0.0906. The van der Waals surface area contributed by atoms with E-state index in [2.05, 4.69) is 27.1 Å². The third-order valence-electron chi connectivity index (χ3n) is 5.03. The SMILES string of the molecule is C[n+]1ccc(-c2ccc(N=C(N)[NH+]=C(N)N)cc2C#CC2=CN[C@H](C(=O)[O-])[C@H](S(=O)(=O)[O-])C2)cc1. The maximum absolute atomic E-state index is 11.6. The van der Waals surface area contributed by atoms with Crippen LogP contribution >= 0.6 is 0 Å². The van der Waals surface area contributed by atoms with Crippen molar-refractivity contribution in [1.82, 2.24) is 5.32 Å². The molecule has 8 N–H and O–H groups in total. The molecule has 1 aromatic carbocycles. The summed E-state index contributed by atoms with van der Waals surface area (Å²) in [5, 5.41) is 11.9. The summed E-state index contributed by atoms with van der Waals surface area (Å²) in [6.45, 7) is 0. The lowest BCUT2D eigenvalue weighted by Gasteiger charge is -2.33. The van der Waals surface area contributed by atoms with Gasteiger partial charge in [0, 0.05) is 29.5 Å². The standard InChI is InChI=1S/C22H23N7O5S/c1-29-8-6-14(7-9-29)17-5-4-16(27-22(25)28-21(23)24)11-15(17)3-2-13-10-18(35(32,33)34)19(20(30)31)26-12-13/h4-9,11-12,18-19H,10H2,1H3,(H8,23,24,25,26,27,28,30,31,32,33,34)/t18-,19+/m1/s1. The van der Waals surface area contributed by atoms with Gasteiger partial charge >= 0.3 is 5.96 Å². The average molecular weight is 498 g/mol. The molecule has 1 aliphatic rings. The Balaban J connectivity index is 2.06. The first-order chi connectivity index (χ1) is 16.4. The van der Waals surface area contributed by atoms with Crippen molar-refractivity contribution in [2.24, 2.45) is 29.2 Å². The number of allylic oxidation sites excluding steroid dienone is 1. The van der Waals surface area contributed by atoms with Crippen LogP contribution in [0.3, 0.4) is 0 Å². The summed E-state index contributed by atoms with van der Waals surface area (Å²) < 4.78 is 36.7. The van der Waals surface area contributed by atoms with Crippen molar-refractivity contribution in [2.75, 3.05) is 0 Å². The monoisotopic (exact) mass is 497 g/mol. The van der Waals surface area contributed by atoms with Crippen molar-refractivity contribution in [2.45, 2.75) is 17.7 Å². The van der Waals surface area contributed by atoms with Crippen molar-refractivity contribution < 1.29 is 32.4 Å². The maximum atomic E-state index is 11.6. The van der Waals surface area contributed by atoms with E-state index in [1.807, 2.05) is 36.1 Å². The zero-order valence-electron chi connectivity index (χ0n) is 18.6. The number of hydrogen-bond donors (Lipinski definition) is 5. The molecule has 12 nitrogen and oxygen atoms in total. The molecule has 0 aliphatic carbocycles. The molecule has 13 heteroatoms. The molecule has 35 heavy (non-hydrogen) atoms. The Morgan fingerprint density at radius 3 is 2.49 bits per heavy atom. The summed E-state index contributed by atoms with van der Waals surface area (Å²) in [6, 6.07) is 7.25. The lowest BCUT2D eigenvalue weighted by Crippen LogP contribution is -2.84. The van der Waals surface area contributed by atoms with Crippen molar-refractivity contribution in [3.63, 3.8) is 0 Å². The largest absolute Gasteiger partial charge is 0.748 e. The zero-order valence-corrected chi connectivity index (χ0v) is 19.4. The van der Waals surface area contributed by atoms with Crippen LogP contribution in [-0.2, 0) is 22.0 Å². The third kappa shape index (κ3) is 6.56. The van der Waals surface area contributed by atoms with E-state index in [-0.39, 0.29) is 23.9 Å². The first-order valence-corrected chi connectivity index (χ1v) is 11.6. The Morgan fingerprint density at radius 2 is 1.89 bits per heavy atom. The molecule has 2 aromatic rings. The average Bonchev–Trinajstić information content (AvgIpc) is 2.77. The van der Waals surface area contributed by atoms with Crippen molar-refractivity contribution >= 4 is 33.7 Å². The third-order valence-corrected chi connectivity index (χ3v) is 6.21. The number of aryl methyl sites for hydroxylation is 1. The first kappa shape index (κ1) is 25.2. The van der Waals surface area contributed by atoms with E-state index in [4.69, 9.17) is 17.2 Å². The topological polar surface area (TPSA) is 218 Å². The van der Waals surface area contributed by atoms with E-state index in [0.29, 0.717) is 11.3 Å². The van der Waals surface area contributed by atoms with Gasteiger partial charge in [0.05, 0.1) is 17.3 Å². The molecule has 0 unspecified atom stereocenters. The van der Waals surface area contributed by atoms with Crippen LogP contribution in [0.4, 0.5) is 5.69 Å². The molecule has 2 heterocycles. The van der Waals surface area contributed by atoms with Gasteiger partial charge < -0.3 is 37.0 Å². The number of pyridine rings is 1. The van der Waals surface area contributed by atoms with E-state index >= 15 is 0 Å². The number of hydrogen-bond acceptors (Lipinski definition) is 7. The number of carbonyl (C=O) groups excluding carboxylic acids is 1. The summed E-state index contributed by atoms with van der Waals surface area (Å²) in [5.74, 6) is 3.91. The predicted molar refractivity (Wildman–Crippen MR) is 124 cm³/mol. The molecule has 0 spiro atoms. The van der Waals surface area contributed by atoms with Crippen LogP contribution in [0.5, 0.6) is 0 Å². The number of nitrogens with one attached hydrogen (secondary N) is 2. The molecular weight excluding hydrogens is 474 g/mol. The van der Waals surface area contributed by atoms with Crippen LogP contribution in [0.25, 0.3) is 11.1 Å². The number of aromatic nitrogens is 1. The van der Waals surface area contributed by atoms with Gasteiger partial charge in [0.25, 0.3) is 5.96 Å². The van der Waals surface area contributed by atoms with Gasteiger partial charge in [-0.2, -0.15) is 0 Å². The molecule has 182 valence electrons. The fourth-order valence-electron chi connectivity index (χ4n) is 3.37. The fourth-order valence-corrected chi connectivity index (χ4v) is 4.27. The Hall–Kier alpha value is -4.41. The first-order valence-electron chi connectivity index (χ1n) is 10.2. The highest BCUT2D eigenvalue weighted by atomic mass is 32.2. The van der Waals surface area contributed by atoms with Crippen LogP contribution in [0.15, 0.2) is 59.5 Å². The molecule has 0 saturated carbocycles.